The topological polar surface area (TPSA) is 8.81 Å². The van der Waals surface area contributed by atoms with Gasteiger partial charge in [0.25, 0.3) is 5.82 Å². The number of imidazole rings is 1. The standard InChI is InChI=1S/C25H33N2/c1-4-6-17-27-24(18-21(3)23-15-11-8-12-16-23)20-26(5-2)25(27)19-22-13-9-7-10-14-22/h7-16,20-21H,4-6,17-19H2,1-3H3/q+1. The van der Waals surface area contributed by atoms with Crippen LogP contribution >= 0.6 is 0 Å². The van der Waals surface area contributed by atoms with Crippen LogP contribution in [0.25, 0.3) is 0 Å². The second-order valence-electron chi connectivity index (χ2n) is 7.51. The predicted octanol–water partition coefficient (Wildman–Crippen LogP) is 5.53. The van der Waals surface area contributed by atoms with E-state index in [1.165, 1.54) is 35.5 Å². The number of aromatic nitrogens is 2. The van der Waals surface area contributed by atoms with E-state index < -0.39 is 0 Å². The molecule has 1 aromatic heterocycles. The van der Waals surface area contributed by atoms with Gasteiger partial charge in [0.05, 0.1) is 19.5 Å². The summed E-state index contributed by atoms with van der Waals surface area (Å²) in [6.07, 6.45) is 6.93. The molecule has 27 heavy (non-hydrogen) atoms. The fourth-order valence-electron chi connectivity index (χ4n) is 3.86. The molecule has 0 saturated carbocycles. The highest BCUT2D eigenvalue weighted by molar-refractivity contribution is 5.21. The zero-order valence-corrected chi connectivity index (χ0v) is 17.1. The minimum Gasteiger partial charge on any atom is -0.234 e. The van der Waals surface area contributed by atoms with Crippen molar-refractivity contribution in [2.75, 3.05) is 0 Å². The first-order valence-corrected chi connectivity index (χ1v) is 10.4. The van der Waals surface area contributed by atoms with Crippen LogP contribution in [0.5, 0.6) is 0 Å². The van der Waals surface area contributed by atoms with Gasteiger partial charge in [0.1, 0.15) is 11.9 Å². The van der Waals surface area contributed by atoms with Crippen molar-refractivity contribution in [1.82, 2.24) is 4.57 Å². The fraction of sp³-hybridized carbons (Fsp3) is 0.400. The van der Waals surface area contributed by atoms with Gasteiger partial charge in [-0.25, -0.2) is 9.13 Å². The molecule has 0 aliphatic carbocycles. The van der Waals surface area contributed by atoms with E-state index in [4.69, 9.17) is 0 Å². The monoisotopic (exact) mass is 361 g/mol. The molecule has 1 atom stereocenters. The Morgan fingerprint density at radius 1 is 0.926 bits per heavy atom. The molecule has 0 bridgehead atoms. The number of hydrogen-bond donors (Lipinski definition) is 0. The Kier molecular flexibility index (Phi) is 6.86. The Morgan fingerprint density at radius 2 is 1.59 bits per heavy atom. The van der Waals surface area contributed by atoms with Gasteiger partial charge in [-0.3, -0.25) is 0 Å². The minimum atomic E-state index is 0.524. The molecular weight excluding hydrogens is 328 g/mol. The van der Waals surface area contributed by atoms with Crippen LogP contribution in [0.3, 0.4) is 0 Å². The molecule has 0 radical (unpaired) electrons. The molecule has 0 aliphatic rings. The maximum Gasteiger partial charge on any atom is 0.261 e. The Balaban J connectivity index is 1.92. The number of unbranched alkanes of at least 4 members (excludes halogenated alkanes) is 1. The van der Waals surface area contributed by atoms with Crippen LogP contribution in [-0.4, -0.2) is 4.57 Å². The zero-order valence-electron chi connectivity index (χ0n) is 17.1. The molecule has 3 rings (SSSR count). The normalized spacial score (nSPS) is 12.3. The van der Waals surface area contributed by atoms with Gasteiger partial charge in [-0.2, -0.15) is 0 Å². The predicted molar refractivity (Wildman–Crippen MR) is 113 cm³/mol. The van der Waals surface area contributed by atoms with E-state index in [1.807, 2.05) is 0 Å². The van der Waals surface area contributed by atoms with Gasteiger partial charge in [-0.15, -0.1) is 0 Å². The van der Waals surface area contributed by atoms with Crippen molar-refractivity contribution in [1.29, 1.82) is 0 Å². The summed E-state index contributed by atoms with van der Waals surface area (Å²) in [7, 11) is 0. The van der Waals surface area contributed by atoms with Gasteiger partial charge in [-0.1, -0.05) is 80.9 Å². The Morgan fingerprint density at radius 3 is 2.22 bits per heavy atom. The van der Waals surface area contributed by atoms with Crippen LogP contribution in [0.15, 0.2) is 66.9 Å². The smallest absolute Gasteiger partial charge is 0.234 e. The first-order valence-electron chi connectivity index (χ1n) is 10.4. The fourth-order valence-corrected chi connectivity index (χ4v) is 3.86. The summed E-state index contributed by atoms with van der Waals surface area (Å²) in [6, 6.07) is 21.8. The lowest BCUT2D eigenvalue weighted by Crippen LogP contribution is -2.41. The van der Waals surface area contributed by atoms with Crippen molar-refractivity contribution < 1.29 is 4.57 Å². The van der Waals surface area contributed by atoms with Crippen molar-refractivity contribution in [2.45, 2.75) is 65.5 Å². The van der Waals surface area contributed by atoms with Crippen molar-refractivity contribution >= 4 is 0 Å². The summed E-state index contributed by atoms with van der Waals surface area (Å²) < 4.78 is 5.05. The van der Waals surface area contributed by atoms with E-state index in [1.54, 1.807) is 0 Å². The molecule has 1 heterocycles. The number of aryl methyl sites for hydroxylation is 1. The molecule has 0 N–H and O–H groups in total. The molecular formula is C25H33N2+. The van der Waals surface area contributed by atoms with Crippen molar-refractivity contribution in [3.8, 4) is 0 Å². The van der Waals surface area contributed by atoms with Gasteiger partial charge >= 0.3 is 0 Å². The quantitative estimate of drug-likeness (QED) is 0.443. The maximum atomic E-state index is 2.60. The molecule has 2 nitrogen and oxygen atoms in total. The van der Waals surface area contributed by atoms with Gasteiger partial charge in [-0.05, 0) is 30.4 Å². The first-order chi connectivity index (χ1) is 13.2. The van der Waals surface area contributed by atoms with Crippen LogP contribution < -0.4 is 4.57 Å². The first kappa shape index (κ1) is 19.4. The molecule has 1 unspecified atom stereocenters. The van der Waals surface area contributed by atoms with E-state index >= 15 is 0 Å². The summed E-state index contributed by atoms with van der Waals surface area (Å²) in [5.74, 6) is 1.96. The second kappa shape index (κ2) is 9.55. The highest BCUT2D eigenvalue weighted by atomic mass is 15.2. The van der Waals surface area contributed by atoms with E-state index in [0.29, 0.717) is 5.92 Å². The summed E-state index contributed by atoms with van der Waals surface area (Å²) in [5, 5.41) is 0. The Hall–Kier alpha value is -2.35. The largest absolute Gasteiger partial charge is 0.261 e. The van der Waals surface area contributed by atoms with E-state index in [9.17, 15) is 0 Å². The Bertz CT molecular complexity index is 818. The van der Waals surface area contributed by atoms with Gasteiger partial charge in [0, 0.05) is 6.42 Å². The van der Waals surface area contributed by atoms with Crippen molar-refractivity contribution in [2.24, 2.45) is 0 Å². The molecule has 0 aliphatic heterocycles. The average molecular weight is 362 g/mol. The molecule has 0 fully saturated rings. The van der Waals surface area contributed by atoms with Crippen molar-refractivity contribution in [3.63, 3.8) is 0 Å². The SMILES string of the molecule is CCCC[n+]1c(CC(C)c2ccccc2)cn(CC)c1Cc1ccccc1. The molecule has 2 aromatic carbocycles. The van der Waals surface area contributed by atoms with Crippen LogP contribution in [0, 0.1) is 0 Å². The van der Waals surface area contributed by atoms with E-state index in [2.05, 4.69) is 96.8 Å². The van der Waals surface area contributed by atoms with Gasteiger partial charge < -0.3 is 0 Å². The lowest BCUT2D eigenvalue weighted by molar-refractivity contribution is -0.710. The number of benzene rings is 2. The molecule has 3 aromatic rings. The lowest BCUT2D eigenvalue weighted by Gasteiger charge is -2.11. The molecule has 142 valence electrons. The molecule has 2 heteroatoms. The third kappa shape index (κ3) is 4.88. The van der Waals surface area contributed by atoms with Crippen LogP contribution in [0.4, 0.5) is 0 Å². The number of nitrogens with zero attached hydrogens (tertiary/aromatic N) is 2. The van der Waals surface area contributed by atoms with Gasteiger partial charge in [0.2, 0.25) is 0 Å². The summed E-state index contributed by atoms with van der Waals surface area (Å²) in [4.78, 5) is 0. The highest BCUT2D eigenvalue weighted by Crippen LogP contribution is 2.20. The summed E-state index contributed by atoms with van der Waals surface area (Å²) >= 11 is 0. The van der Waals surface area contributed by atoms with Crippen LogP contribution in [0.1, 0.15) is 62.2 Å². The lowest BCUT2D eigenvalue weighted by atomic mass is 9.96. The van der Waals surface area contributed by atoms with E-state index in [0.717, 1.165) is 25.9 Å². The Labute approximate surface area is 164 Å². The van der Waals surface area contributed by atoms with Gasteiger partial charge in [0.15, 0.2) is 0 Å². The summed E-state index contributed by atoms with van der Waals surface area (Å²) in [5.41, 5.74) is 4.28. The van der Waals surface area contributed by atoms with Crippen LogP contribution in [0.2, 0.25) is 0 Å². The molecule has 0 saturated heterocycles. The van der Waals surface area contributed by atoms with E-state index in [-0.39, 0.29) is 0 Å². The van der Waals surface area contributed by atoms with Crippen molar-refractivity contribution in [3.05, 3.63) is 89.5 Å². The zero-order chi connectivity index (χ0) is 19.1. The number of rotatable bonds is 9. The number of hydrogen-bond acceptors (Lipinski definition) is 0. The third-order valence-electron chi connectivity index (χ3n) is 5.46. The third-order valence-corrected chi connectivity index (χ3v) is 5.46. The average Bonchev–Trinajstić information content (AvgIpc) is 3.03. The summed E-state index contributed by atoms with van der Waals surface area (Å²) in [6.45, 7) is 9.01. The highest BCUT2D eigenvalue weighted by Gasteiger charge is 2.24. The van der Waals surface area contributed by atoms with Crippen LogP contribution in [-0.2, 0) is 25.9 Å². The minimum absolute atomic E-state index is 0.524. The second-order valence-corrected chi connectivity index (χ2v) is 7.51. The molecule has 0 spiro atoms. The molecule has 0 amide bonds. The maximum absolute atomic E-state index is 2.60.